The summed E-state index contributed by atoms with van der Waals surface area (Å²) in [5.74, 6) is 0. The highest BCUT2D eigenvalue weighted by molar-refractivity contribution is 8.23. The molecule has 0 unspecified atom stereocenters. The van der Waals surface area contributed by atoms with Crippen LogP contribution in [0.1, 0.15) is 43.7 Å². The predicted molar refractivity (Wildman–Crippen MR) is 107 cm³/mol. The van der Waals surface area contributed by atoms with Crippen molar-refractivity contribution in [3.05, 3.63) is 47.2 Å². The van der Waals surface area contributed by atoms with Gasteiger partial charge < -0.3 is 10.6 Å². The molecule has 0 radical (unpaired) electrons. The van der Waals surface area contributed by atoms with Crippen molar-refractivity contribution in [3.63, 3.8) is 0 Å². The van der Waals surface area contributed by atoms with Gasteiger partial charge in [0.05, 0.1) is 4.20 Å². The van der Waals surface area contributed by atoms with Crippen LogP contribution in [0, 0.1) is 0 Å². The van der Waals surface area contributed by atoms with Gasteiger partial charge in [0.25, 0.3) is 0 Å². The van der Waals surface area contributed by atoms with Crippen molar-refractivity contribution < 1.29 is 0 Å². The Labute approximate surface area is 148 Å². The van der Waals surface area contributed by atoms with Crippen molar-refractivity contribution in [3.8, 4) is 0 Å². The zero-order valence-corrected chi connectivity index (χ0v) is 15.5. The molecule has 2 nitrogen and oxygen atoms in total. The Morgan fingerprint density at radius 1 is 1.30 bits per heavy atom. The van der Waals surface area contributed by atoms with E-state index in [-0.39, 0.29) is 0 Å². The molecule has 2 aliphatic rings. The molecule has 122 valence electrons. The first kappa shape index (κ1) is 16.6. The molecule has 3 rings (SSSR count). The van der Waals surface area contributed by atoms with Crippen LogP contribution in [0.15, 0.2) is 36.0 Å². The van der Waals surface area contributed by atoms with Gasteiger partial charge in [0, 0.05) is 30.0 Å². The summed E-state index contributed by atoms with van der Waals surface area (Å²) in [6.45, 7) is 3.27. The molecular formula is C19H24N2S2. The van der Waals surface area contributed by atoms with Crippen LogP contribution < -0.4 is 5.73 Å². The first-order chi connectivity index (χ1) is 11.1. The fourth-order valence-electron chi connectivity index (χ4n) is 3.57. The molecule has 1 heterocycles. The number of thioether (sulfide) groups is 1. The minimum atomic E-state index is 0.693. The van der Waals surface area contributed by atoms with Crippen molar-refractivity contribution >= 4 is 39.4 Å². The van der Waals surface area contributed by atoms with Crippen LogP contribution in [0.4, 0.5) is 5.69 Å². The average Bonchev–Trinajstić information content (AvgIpc) is 3.08. The summed E-state index contributed by atoms with van der Waals surface area (Å²) in [4.78, 5) is 2.53. The third kappa shape index (κ3) is 3.64. The number of hydrogen-bond acceptors (Lipinski definition) is 4. The van der Waals surface area contributed by atoms with Crippen LogP contribution in [-0.2, 0) is 0 Å². The van der Waals surface area contributed by atoms with Gasteiger partial charge in [-0.2, -0.15) is 0 Å². The molecule has 1 fully saturated rings. The number of hydrogen-bond donors (Lipinski definition) is 1. The van der Waals surface area contributed by atoms with Crippen molar-refractivity contribution in [1.82, 2.24) is 4.90 Å². The van der Waals surface area contributed by atoms with Crippen molar-refractivity contribution in [2.45, 2.75) is 38.6 Å². The zero-order valence-electron chi connectivity index (χ0n) is 13.8. The van der Waals surface area contributed by atoms with E-state index in [1.807, 2.05) is 18.4 Å². The lowest BCUT2D eigenvalue weighted by molar-refractivity contribution is 0.299. The Bertz CT molecular complexity index is 670. The molecule has 1 aromatic carbocycles. The van der Waals surface area contributed by atoms with Crippen LogP contribution in [-0.4, -0.2) is 27.9 Å². The summed E-state index contributed by atoms with van der Waals surface area (Å²) < 4.78 is 0.900. The molecule has 0 spiro atoms. The van der Waals surface area contributed by atoms with Gasteiger partial charge in [0.15, 0.2) is 0 Å². The van der Waals surface area contributed by atoms with Crippen molar-refractivity contribution in [1.29, 1.82) is 0 Å². The highest BCUT2D eigenvalue weighted by Crippen LogP contribution is 2.33. The molecule has 0 amide bonds. The number of anilines is 1. The van der Waals surface area contributed by atoms with Gasteiger partial charge >= 0.3 is 0 Å². The molecule has 0 saturated heterocycles. The lowest BCUT2D eigenvalue weighted by Gasteiger charge is -2.32. The predicted octanol–water partition coefficient (Wildman–Crippen LogP) is 4.85. The van der Waals surface area contributed by atoms with E-state index in [2.05, 4.69) is 30.2 Å². The largest absolute Gasteiger partial charge is 0.399 e. The minimum Gasteiger partial charge on any atom is -0.399 e. The summed E-state index contributed by atoms with van der Waals surface area (Å²) in [7, 11) is 0. The monoisotopic (exact) mass is 344 g/mol. The second-order valence-corrected chi connectivity index (χ2v) is 7.97. The van der Waals surface area contributed by atoms with Gasteiger partial charge in [-0.15, -0.1) is 11.8 Å². The maximum absolute atomic E-state index is 5.99. The van der Waals surface area contributed by atoms with Gasteiger partial charge in [-0.25, -0.2) is 0 Å². The molecule has 23 heavy (non-hydrogen) atoms. The maximum Gasteiger partial charge on any atom is 0.0782 e. The van der Waals surface area contributed by atoms with Gasteiger partial charge in [-0.1, -0.05) is 42.8 Å². The van der Waals surface area contributed by atoms with Crippen LogP contribution in [0.3, 0.4) is 0 Å². The number of rotatable bonds is 3. The smallest absolute Gasteiger partial charge is 0.0782 e. The summed E-state index contributed by atoms with van der Waals surface area (Å²) >= 11 is 7.16. The summed E-state index contributed by atoms with van der Waals surface area (Å²) in [5.41, 5.74) is 11.7. The summed E-state index contributed by atoms with van der Waals surface area (Å²) in [6.07, 6.45) is 12.0. The normalized spacial score (nSPS) is 18.8. The summed E-state index contributed by atoms with van der Waals surface area (Å²) in [5, 5.41) is 0. The van der Waals surface area contributed by atoms with E-state index in [1.54, 1.807) is 11.8 Å². The van der Waals surface area contributed by atoms with E-state index in [9.17, 15) is 0 Å². The standard InChI is InChI=1S/C19H24N2S2/c1-13-9-14(12-21(11-13)16-5-3-4-6-16)17-8-7-15(20)10-18(17)19(22)23-2/h7-10,12,16H,3-6,11,20H2,1-2H3. The molecule has 0 bridgehead atoms. The third-order valence-electron chi connectivity index (χ3n) is 4.69. The van der Waals surface area contributed by atoms with E-state index in [0.29, 0.717) is 6.04 Å². The molecule has 1 saturated carbocycles. The number of benzene rings is 1. The van der Waals surface area contributed by atoms with E-state index >= 15 is 0 Å². The van der Waals surface area contributed by atoms with Gasteiger partial charge in [-0.05, 0) is 49.3 Å². The quantitative estimate of drug-likeness (QED) is 0.627. The fraction of sp³-hybridized carbons (Fsp3) is 0.421. The Morgan fingerprint density at radius 3 is 2.74 bits per heavy atom. The van der Waals surface area contributed by atoms with E-state index in [0.717, 1.165) is 22.0 Å². The summed E-state index contributed by atoms with van der Waals surface area (Å²) in [6, 6.07) is 6.78. The maximum atomic E-state index is 5.99. The number of allylic oxidation sites excluding steroid dienone is 2. The first-order valence-electron chi connectivity index (χ1n) is 8.21. The molecule has 0 aromatic heterocycles. The minimum absolute atomic E-state index is 0.693. The van der Waals surface area contributed by atoms with Gasteiger partial charge in [0.1, 0.15) is 0 Å². The topological polar surface area (TPSA) is 29.3 Å². The SMILES string of the molecule is CSC(=S)c1cc(N)ccc1C1=CN(C2CCCC2)CC(C)=C1. The zero-order chi connectivity index (χ0) is 16.4. The number of nitrogens with zero attached hydrogens (tertiary/aromatic N) is 1. The Morgan fingerprint density at radius 2 is 2.04 bits per heavy atom. The highest BCUT2D eigenvalue weighted by atomic mass is 32.2. The Kier molecular flexibility index (Phi) is 5.12. The Hall–Kier alpha value is -1.26. The molecule has 4 heteroatoms. The van der Waals surface area contributed by atoms with Crippen molar-refractivity contribution in [2.24, 2.45) is 0 Å². The number of nitrogen functional groups attached to an aromatic ring is 1. The molecule has 1 aromatic rings. The highest BCUT2D eigenvalue weighted by Gasteiger charge is 2.23. The molecule has 1 aliphatic carbocycles. The second kappa shape index (κ2) is 7.10. The second-order valence-electron chi connectivity index (χ2n) is 6.48. The third-order valence-corrected chi connectivity index (χ3v) is 6.00. The molecule has 0 atom stereocenters. The van der Waals surface area contributed by atoms with Gasteiger partial charge in [-0.3, -0.25) is 0 Å². The first-order valence-corrected chi connectivity index (χ1v) is 9.84. The van der Waals surface area contributed by atoms with Crippen LogP contribution in [0.5, 0.6) is 0 Å². The average molecular weight is 345 g/mol. The van der Waals surface area contributed by atoms with Gasteiger partial charge in [0.2, 0.25) is 0 Å². The molecule has 2 N–H and O–H groups in total. The van der Waals surface area contributed by atoms with Crippen LogP contribution in [0.2, 0.25) is 0 Å². The Balaban J connectivity index is 2.00. The lowest BCUT2D eigenvalue weighted by Crippen LogP contribution is -2.31. The van der Waals surface area contributed by atoms with E-state index in [1.165, 1.54) is 42.4 Å². The lowest BCUT2D eigenvalue weighted by atomic mass is 9.96. The fourth-order valence-corrected chi connectivity index (χ4v) is 4.13. The molecular weight excluding hydrogens is 320 g/mol. The van der Waals surface area contributed by atoms with Crippen LogP contribution in [0.25, 0.3) is 5.57 Å². The number of thiocarbonyl (C=S) groups is 1. The van der Waals surface area contributed by atoms with Crippen molar-refractivity contribution in [2.75, 3.05) is 18.5 Å². The van der Waals surface area contributed by atoms with Crippen LogP contribution >= 0.6 is 24.0 Å². The van der Waals surface area contributed by atoms with E-state index < -0.39 is 0 Å². The number of nitrogens with two attached hydrogens (primary N) is 1. The molecule has 1 aliphatic heterocycles. The van der Waals surface area contributed by atoms with E-state index in [4.69, 9.17) is 18.0 Å².